The summed E-state index contributed by atoms with van der Waals surface area (Å²) in [6, 6.07) is 2.15. The normalized spacial score (nSPS) is 10.2. The van der Waals surface area contributed by atoms with Crippen molar-refractivity contribution in [3.63, 3.8) is 0 Å². The molecule has 0 aliphatic heterocycles. The molecular weight excluding hydrogens is 205 g/mol. The molecule has 1 rings (SSSR count). The molecule has 0 aromatic carbocycles. The van der Waals surface area contributed by atoms with Crippen LogP contribution in [0, 0.1) is 17.1 Å². The number of nitriles is 1. The van der Waals surface area contributed by atoms with Gasteiger partial charge >= 0.3 is 0 Å². The zero-order valence-electron chi connectivity index (χ0n) is 6.06. The minimum absolute atomic E-state index is 0.419. The highest BCUT2D eigenvalue weighted by Crippen LogP contribution is 2.27. The molecule has 0 aliphatic carbocycles. The second kappa shape index (κ2) is 3.62. The topological polar surface area (TPSA) is 36.7 Å². The first kappa shape index (κ1) is 9.81. The van der Waals surface area contributed by atoms with Crippen molar-refractivity contribution in [2.24, 2.45) is 0 Å². The molecule has 0 aliphatic rings. The van der Waals surface area contributed by atoms with Gasteiger partial charge in [-0.05, 0) is 0 Å². The van der Waals surface area contributed by atoms with E-state index in [0.717, 1.165) is 0 Å². The second-order valence-corrected chi connectivity index (χ2v) is 2.48. The van der Waals surface area contributed by atoms with Crippen LogP contribution >= 0.6 is 11.6 Å². The first-order valence-electron chi connectivity index (χ1n) is 3.10. The number of hydrogen-bond donors (Lipinski definition) is 0. The Labute approximate surface area is 76.6 Å². The maximum absolute atomic E-state index is 12.7. The SMILES string of the molecule is N#Cc1cc(F)c(Cl)c(C(F)F)n1. The van der Waals surface area contributed by atoms with Crippen LogP contribution in [0.15, 0.2) is 6.07 Å². The molecule has 68 valence electrons. The Morgan fingerprint density at radius 2 is 2.15 bits per heavy atom. The van der Waals surface area contributed by atoms with E-state index in [1.165, 1.54) is 6.07 Å². The molecule has 0 bridgehead atoms. The van der Waals surface area contributed by atoms with Crippen LogP contribution in [0.2, 0.25) is 5.02 Å². The fourth-order valence-corrected chi connectivity index (χ4v) is 0.898. The van der Waals surface area contributed by atoms with E-state index in [1.807, 2.05) is 0 Å². The summed E-state index contributed by atoms with van der Waals surface area (Å²) in [6.07, 6.45) is -2.99. The van der Waals surface area contributed by atoms with Crippen molar-refractivity contribution in [3.8, 4) is 6.07 Å². The van der Waals surface area contributed by atoms with E-state index < -0.39 is 28.7 Å². The third kappa shape index (κ3) is 1.90. The maximum Gasteiger partial charge on any atom is 0.281 e. The van der Waals surface area contributed by atoms with Gasteiger partial charge in [0.1, 0.15) is 28.3 Å². The number of rotatable bonds is 1. The number of hydrogen-bond acceptors (Lipinski definition) is 2. The van der Waals surface area contributed by atoms with E-state index in [-0.39, 0.29) is 0 Å². The average molecular weight is 207 g/mol. The first-order chi connectivity index (χ1) is 6.06. The van der Waals surface area contributed by atoms with Crippen molar-refractivity contribution in [3.05, 3.63) is 28.3 Å². The summed E-state index contributed by atoms with van der Waals surface area (Å²) in [5.74, 6) is -1.07. The number of halogens is 4. The van der Waals surface area contributed by atoms with Crippen LogP contribution in [0.3, 0.4) is 0 Å². The average Bonchev–Trinajstić information content (AvgIpc) is 2.09. The molecule has 0 unspecified atom stereocenters. The van der Waals surface area contributed by atoms with Crippen LogP contribution in [-0.4, -0.2) is 4.98 Å². The minimum Gasteiger partial charge on any atom is -0.234 e. The van der Waals surface area contributed by atoms with Crippen LogP contribution in [0.4, 0.5) is 13.2 Å². The van der Waals surface area contributed by atoms with E-state index in [0.29, 0.717) is 6.07 Å². The van der Waals surface area contributed by atoms with Gasteiger partial charge in [0.2, 0.25) is 0 Å². The van der Waals surface area contributed by atoms with Gasteiger partial charge < -0.3 is 0 Å². The number of pyridine rings is 1. The Morgan fingerprint density at radius 3 is 2.62 bits per heavy atom. The monoisotopic (exact) mass is 206 g/mol. The number of aromatic nitrogens is 1. The van der Waals surface area contributed by atoms with Crippen LogP contribution in [0.25, 0.3) is 0 Å². The highest BCUT2D eigenvalue weighted by Gasteiger charge is 2.18. The predicted molar refractivity (Wildman–Crippen MR) is 38.9 cm³/mol. The molecule has 2 nitrogen and oxygen atoms in total. The Balaban J connectivity index is 3.35. The molecular formula is C7H2ClF3N2. The fourth-order valence-electron chi connectivity index (χ4n) is 0.719. The zero-order valence-corrected chi connectivity index (χ0v) is 6.82. The molecule has 1 heterocycles. The molecule has 0 saturated heterocycles. The van der Waals surface area contributed by atoms with Gasteiger partial charge in [-0.1, -0.05) is 11.6 Å². The Hall–Kier alpha value is -1.28. The lowest BCUT2D eigenvalue weighted by molar-refractivity contribution is 0.145. The quantitative estimate of drug-likeness (QED) is 0.708. The van der Waals surface area contributed by atoms with Crippen LogP contribution < -0.4 is 0 Å². The molecule has 13 heavy (non-hydrogen) atoms. The lowest BCUT2D eigenvalue weighted by atomic mass is 10.3. The Kier molecular flexibility index (Phi) is 2.73. The van der Waals surface area contributed by atoms with Gasteiger partial charge in [-0.2, -0.15) is 5.26 Å². The van der Waals surface area contributed by atoms with Gasteiger partial charge in [-0.3, -0.25) is 0 Å². The molecule has 0 amide bonds. The van der Waals surface area contributed by atoms with Gasteiger partial charge in [0, 0.05) is 6.07 Å². The fraction of sp³-hybridized carbons (Fsp3) is 0.143. The van der Waals surface area contributed by atoms with Crippen molar-refractivity contribution in [2.75, 3.05) is 0 Å². The number of nitrogens with zero attached hydrogens (tertiary/aromatic N) is 2. The van der Waals surface area contributed by atoms with E-state index in [2.05, 4.69) is 4.98 Å². The smallest absolute Gasteiger partial charge is 0.234 e. The van der Waals surface area contributed by atoms with E-state index >= 15 is 0 Å². The molecule has 0 fully saturated rings. The van der Waals surface area contributed by atoms with E-state index in [4.69, 9.17) is 16.9 Å². The highest BCUT2D eigenvalue weighted by atomic mass is 35.5. The first-order valence-corrected chi connectivity index (χ1v) is 3.48. The summed E-state index contributed by atoms with van der Waals surface area (Å²) < 4.78 is 36.9. The third-order valence-electron chi connectivity index (χ3n) is 1.26. The summed E-state index contributed by atoms with van der Waals surface area (Å²) in [6.45, 7) is 0. The Morgan fingerprint density at radius 1 is 1.54 bits per heavy atom. The summed E-state index contributed by atoms with van der Waals surface area (Å²) in [5, 5.41) is 7.55. The van der Waals surface area contributed by atoms with Crippen molar-refractivity contribution in [2.45, 2.75) is 6.43 Å². The maximum atomic E-state index is 12.7. The van der Waals surface area contributed by atoms with Crippen LogP contribution in [-0.2, 0) is 0 Å². The molecule has 0 spiro atoms. The van der Waals surface area contributed by atoms with Gasteiger partial charge in [-0.25, -0.2) is 18.2 Å². The standard InChI is InChI=1S/C7H2ClF3N2/c8-5-4(9)1-3(2-12)13-6(5)7(10)11/h1,7H. The predicted octanol–water partition coefficient (Wildman–Crippen LogP) is 2.68. The largest absolute Gasteiger partial charge is 0.281 e. The zero-order chi connectivity index (χ0) is 10.0. The van der Waals surface area contributed by atoms with Crippen molar-refractivity contribution in [1.29, 1.82) is 5.26 Å². The van der Waals surface area contributed by atoms with Crippen molar-refractivity contribution >= 4 is 11.6 Å². The van der Waals surface area contributed by atoms with Crippen LogP contribution in [0.5, 0.6) is 0 Å². The third-order valence-corrected chi connectivity index (χ3v) is 1.63. The molecule has 0 radical (unpaired) electrons. The molecule has 0 saturated carbocycles. The Bertz CT molecular complexity index is 373. The van der Waals surface area contributed by atoms with Gasteiger partial charge in [0.15, 0.2) is 0 Å². The number of alkyl halides is 2. The molecule has 1 aromatic heterocycles. The molecule has 6 heteroatoms. The second-order valence-electron chi connectivity index (χ2n) is 2.10. The van der Waals surface area contributed by atoms with Crippen molar-refractivity contribution in [1.82, 2.24) is 4.98 Å². The van der Waals surface area contributed by atoms with E-state index in [1.54, 1.807) is 0 Å². The minimum atomic E-state index is -2.99. The molecule has 1 aromatic rings. The molecule has 0 N–H and O–H groups in total. The highest BCUT2D eigenvalue weighted by molar-refractivity contribution is 6.31. The van der Waals surface area contributed by atoms with E-state index in [9.17, 15) is 13.2 Å². The molecule has 0 atom stereocenters. The summed E-state index contributed by atoms with van der Waals surface area (Å²) in [5.41, 5.74) is -1.32. The van der Waals surface area contributed by atoms with Gasteiger partial charge in [-0.15, -0.1) is 0 Å². The summed E-state index contributed by atoms with van der Waals surface area (Å²) in [7, 11) is 0. The van der Waals surface area contributed by atoms with Gasteiger partial charge in [0.05, 0.1) is 0 Å². The van der Waals surface area contributed by atoms with Crippen LogP contribution in [0.1, 0.15) is 17.8 Å². The summed E-state index contributed by atoms with van der Waals surface area (Å²) in [4.78, 5) is 3.17. The lowest BCUT2D eigenvalue weighted by Gasteiger charge is -2.02. The van der Waals surface area contributed by atoms with Crippen molar-refractivity contribution < 1.29 is 13.2 Å². The lowest BCUT2D eigenvalue weighted by Crippen LogP contribution is -1.97. The van der Waals surface area contributed by atoms with Gasteiger partial charge in [0.25, 0.3) is 6.43 Å². The summed E-state index contributed by atoms with van der Waals surface area (Å²) >= 11 is 5.19.